The Labute approximate surface area is 274 Å². The Morgan fingerprint density at radius 3 is 1.59 bits per heavy atom. The van der Waals surface area contributed by atoms with E-state index in [2.05, 4.69) is 84.9 Å². The second-order valence-corrected chi connectivity index (χ2v) is 12.5. The van der Waals surface area contributed by atoms with Gasteiger partial charge in [-0.2, -0.15) is 0 Å². The van der Waals surface area contributed by atoms with Crippen LogP contribution < -0.4 is 0 Å². The van der Waals surface area contributed by atoms with Crippen LogP contribution >= 0.6 is 0 Å². The highest BCUT2D eigenvalue weighted by Gasteiger charge is 2.52. The molecule has 2 aliphatic carbocycles. The lowest BCUT2D eigenvalue weighted by atomic mass is 9.77. The van der Waals surface area contributed by atoms with Gasteiger partial charge in [0.1, 0.15) is 12.2 Å². The molecule has 0 heterocycles. The molecule has 2 bridgehead atoms. The number of benzene rings is 4. The van der Waals surface area contributed by atoms with E-state index in [4.69, 9.17) is 23.7 Å². The summed E-state index contributed by atoms with van der Waals surface area (Å²) >= 11 is 0. The molecule has 0 saturated heterocycles. The molecular weight excluding hydrogens is 572 g/mol. The Balaban J connectivity index is 1.33. The summed E-state index contributed by atoms with van der Waals surface area (Å²) < 4.78 is 33.1. The predicted molar refractivity (Wildman–Crippen MR) is 181 cm³/mol. The van der Waals surface area contributed by atoms with Gasteiger partial charge in [0.2, 0.25) is 0 Å². The van der Waals surface area contributed by atoms with Crippen LogP contribution in [0, 0.1) is 23.7 Å². The maximum atomic E-state index is 7.04. The van der Waals surface area contributed by atoms with Crippen LogP contribution in [0.3, 0.4) is 0 Å². The van der Waals surface area contributed by atoms with Crippen molar-refractivity contribution in [1.82, 2.24) is 0 Å². The summed E-state index contributed by atoms with van der Waals surface area (Å²) in [7, 11) is 1.80. The molecule has 2 aliphatic rings. The molecule has 6 rings (SSSR count). The Morgan fingerprint density at radius 1 is 0.565 bits per heavy atom. The topological polar surface area (TPSA) is 46.2 Å². The molecule has 0 aromatic heterocycles. The third kappa shape index (κ3) is 8.61. The number of fused-ring (bicyclic) bond motifs is 2. The zero-order valence-electron chi connectivity index (χ0n) is 26.7. The fraction of sp³-hybridized carbons (Fsp3) is 0.366. The van der Waals surface area contributed by atoms with E-state index in [0.717, 1.165) is 28.7 Å². The molecule has 4 aromatic rings. The minimum Gasteiger partial charge on any atom is -0.384 e. The van der Waals surface area contributed by atoms with Crippen LogP contribution in [0.5, 0.6) is 0 Å². The first-order chi connectivity index (χ1) is 22.8. The molecule has 46 heavy (non-hydrogen) atoms. The monoisotopic (exact) mass is 618 g/mol. The highest BCUT2D eigenvalue weighted by Crippen LogP contribution is 2.51. The van der Waals surface area contributed by atoms with E-state index < -0.39 is 0 Å². The standard InChI is InChI=1S/C41H46O5/c1-42-29-37-35-22-23-36(24-35)39(37)41(46-28-34-20-12-5-13-21-34)40(45-27-33-18-10-4-11-19-33)38(44-26-32-16-8-3-9-17-32)30-43-25-31-14-6-2-7-15-31/h2-23,35-41H,24-30H2,1H3/t35-,36+,37-,38-,39-,40-,41-/m1/s1. The van der Waals surface area contributed by atoms with Crippen molar-refractivity contribution in [2.75, 3.05) is 20.3 Å². The highest BCUT2D eigenvalue weighted by atomic mass is 16.6. The molecule has 0 aliphatic heterocycles. The van der Waals surface area contributed by atoms with Crippen LogP contribution in [0.25, 0.3) is 0 Å². The predicted octanol–water partition coefficient (Wildman–Crippen LogP) is 8.04. The Morgan fingerprint density at radius 2 is 1.04 bits per heavy atom. The van der Waals surface area contributed by atoms with Gasteiger partial charge in [0.05, 0.1) is 39.1 Å². The summed E-state index contributed by atoms with van der Waals surface area (Å²) in [6.45, 7) is 2.95. The van der Waals surface area contributed by atoms with E-state index in [1.807, 2.05) is 48.5 Å². The Kier molecular flexibility index (Phi) is 11.8. The van der Waals surface area contributed by atoms with Crippen molar-refractivity contribution >= 4 is 0 Å². The van der Waals surface area contributed by atoms with Crippen molar-refractivity contribution in [2.24, 2.45) is 23.7 Å². The van der Waals surface area contributed by atoms with E-state index in [-0.39, 0.29) is 24.2 Å². The average Bonchev–Trinajstić information content (AvgIpc) is 3.72. The normalized spacial score (nSPS) is 22.1. The second-order valence-electron chi connectivity index (χ2n) is 12.5. The molecule has 5 heteroatoms. The average molecular weight is 619 g/mol. The molecule has 0 radical (unpaired) electrons. The summed E-state index contributed by atoms with van der Waals surface area (Å²) in [6, 6.07) is 41.4. The number of methoxy groups -OCH3 is 1. The lowest BCUT2D eigenvalue weighted by Crippen LogP contribution is -2.51. The van der Waals surface area contributed by atoms with Crippen LogP contribution in [0.15, 0.2) is 133 Å². The van der Waals surface area contributed by atoms with Gasteiger partial charge in [-0.1, -0.05) is 133 Å². The minimum atomic E-state index is -0.388. The number of rotatable bonds is 18. The fourth-order valence-electron chi connectivity index (χ4n) is 7.13. The van der Waals surface area contributed by atoms with E-state index in [9.17, 15) is 0 Å². The molecule has 1 fully saturated rings. The van der Waals surface area contributed by atoms with Crippen molar-refractivity contribution in [3.8, 4) is 0 Å². The van der Waals surface area contributed by atoms with Crippen molar-refractivity contribution in [1.29, 1.82) is 0 Å². The molecule has 0 spiro atoms. The molecule has 240 valence electrons. The molecular formula is C41H46O5. The Hall–Kier alpha value is -3.58. The van der Waals surface area contributed by atoms with Crippen LogP contribution in [-0.4, -0.2) is 38.6 Å². The van der Waals surface area contributed by atoms with Gasteiger partial charge in [-0.15, -0.1) is 0 Å². The maximum absolute atomic E-state index is 7.04. The van der Waals surface area contributed by atoms with Gasteiger partial charge in [0, 0.05) is 13.7 Å². The van der Waals surface area contributed by atoms with Crippen LogP contribution in [0.4, 0.5) is 0 Å². The van der Waals surface area contributed by atoms with Crippen LogP contribution in [0.1, 0.15) is 28.7 Å². The lowest BCUT2D eigenvalue weighted by molar-refractivity contribution is -0.188. The molecule has 4 aromatic carbocycles. The summed E-state index contributed by atoms with van der Waals surface area (Å²) in [4.78, 5) is 0. The number of hydrogen-bond acceptors (Lipinski definition) is 5. The van der Waals surface area contributed by atoms with Crippen molar-refractivity contribution in [3.05, 3.63) is 156 Å². The largest absolute Gasteiger partial charge is 0.384 e. The van der Waals surface area contributed by atoms with Gasteiger partial charge in [0.15, 0.2) is 0 Å². The maximum Gasteiger partial charge on any atom is 0.113 e. The van der Waals surface area contributed by atoms with E-state index in [1.54, 1.807) is 7.11 Å². The van der Waals surface area contributed by atoms with E-state index in [1.165, 1.54) is 0 Å². The summed E-state index contributed by atoms with van der Waals surface area (Å²) in [5.74, 6) is 1.43. The van der Waals surface area contributed by atoms with Crippen molar-refractivity contribution < 1.29 is 23.7 Å². The van der Waals surface area contributed by atoms with Gasteiger partial charge >= 0.3 is 0 Å². The second kappa shape index (κ2) is 16.8. The zero-order chi connectivity index (χ0) is 31.4. The van der Waals surface area contributed by atoms with Crippen LogP contribution in [0.2, 0.25) is 0 Å². The van der Waals surface area contributed by atoms with E-state index in [0.29, 0.717) is 57.4 Å². The first-order valence-electron chi connectivity index (χ1n) is 16.5. The summed E-state index contributed by atoms with van der Waals surface area (Å²) in [5, 5.41) is 0. The lowest BCUT2D eigenvalue weighted by Gasteiger charge is -2.41. The van der Waals surface area contributed by atoms with Gasteiger partial charge in [0.25, 0.3) is 0 Å². The highest BCUT2D eigenvalue weighted by molar-refractivity contribution is 5.19. The van der Waals surface area contributed by atoms with Gasteiger partial charge in [-0.05, 0) is 52.3 Å². The van der Waals surface area contributed by atoms with Crippen LogP contribution in [-0.2, 0) is 50.1 Å². The first-order valence-corrected chi connectivity index (χ1v) is 16.5. The number of allylic oxidation sites excluding steroid dienone is 2. The number of hydrogen-bond donors (Lipinski definition) is 0. The smallest absolute Gasteiger partial charge is 0.113 e. The first kappa shape index (κ1) is 32.4. The van der Waals surface area contributed by atoms with Gasteiger partial charge in [-0.3, -0.25) is 0 Å². The van der Waals surface area contributed by atoms with Gasteiger partial charge in [-0.25, -0.2) is 0 Å². The van der Waals surface area contributed by atoms with E-state index >= 15 is 0 Å². The zero-order valence-corrected chi connectivity index (χ0v) is 26.7. The molecule has 0 amide bonds. The molecule has 0 N–H and O–H groups in total. The summed E-state index contributed by atoms with van der Waals surface area (Å²) in [6.07, 6.45) is 4.88. The molecule has 5 nitrogen and oxygen atoms in total. The van der Waals surface area contributed by atoms with Crippen molar-refractivity contribution in [2.45, 2.75) is 51.2 Å². The SMILES string of the molecule is COC[C@H]1[C@H]([C@@H](OCc2ccccc2)[C@H](OCc2ccccc2)[C@@H](COCc2ccccc2)OCc2ccccc2)[C@H]2C=C[C@@H]1C2. The minimum absolute atomic E-state index is 0.219. The van der Waals surface area contributed by atoms with Gasteiger partial charge < -0.3 is 23.7 Å². The summed E-state index contributed by atoms with van der Waals surface area (Å²) in [5.41, 5.74) is 4.49. The third-order valence-corrected chi connectivity index (χ3v) is 9.39. The molecule has 7 atom stereocenters. The third-order valence-electron chi connectivity index (χ3n) is 9.39. The fourth-order valence-corrected chi connectivity index (χ4v) is 7.13. The number of ether oxygens (including phenoxy) is 5. The Bertz CT molecular complexity index is 1450. The molecule has 0 unspecified atom stereocenters. The molecule has 1 saturated carbocycles. The van der Waals surface area contributed by atoms with Crippen molar-refractivity contribution in [3.63, 3.8) is 0 Å². The quantitative estimate of drug-likeness (QED) is 0.106.